The lowest BCUT2D eigenvalue weighted by Gasteiger charge is -2.13. The molecule has 0 aliphatic carbocycles. The van der Waals surface area contributed by atoms with Gasteiger partial charge in [-0.25, -0.2) is 0 Å². The molecule has 0 spiro atoms. The lowest BCUT2D eigenvalue weighted by atomic mass is 10.00. The molecular formula is C21H29N3O3. The van der Waals surface area contributed by atoms with E-state index in [0.29, 0.717) is 19.1 Å². The van der Waals surface area contributed by atoms with E-state index < -0.39 is 0 Å². The summed E-state index contributed by atoms with van der Waals surface area (Å²) in [6, 6.07) is 6.03. The molecule has 0 atom stereocenters. The number of allylic oxidation sites excluding steroid dienone is 1. The molecule has 1 heterocycles. The first-order chi connectivity index (χ1) is 13.0. The molecule has 6 heteroatoms. The van der Waals surface area contributed by atoms with Gasteiger partial charge in [0, 0.05) is 19.5 Å². The van der Waals surface area contributed by atoms with Gasteiger partial charge in [0.1, 0.15) is 25.2 Å². The molecule has 27 heavy (non-hydrogen) atoms. The van der Waals surface area contributed by atoms with Crippen molar-refractivity contribution in [3.63, 3.8) is 0 Å². The highest BCUT2D eigenvalue weighted by Crippen LogP contribution is 2.23. The number of oxime groups is 1. The van der Waals surface area contributed by atoms with Gasteiger partial charge in [-0.15, -0.1) is 5.10 Å². The summed E-state index contributed by atoms with van der Waals surface area (Å²) in [5.41, 5.74) is 5.31. The predicted molar refractivity (Wildman–Crippen MR) is 108 cm³/mol. The average molecular weight is 371 g/mol. The van der Waals surface area contributed by atoms with Crippen LogP contribution in [0.25, 0.3) is 0 Å². The topological polar surface area (TPSA) is 57.9 Å². The minimum atomic E-state index is 0.553. The summed E-state index contributed by atoms with van der Waals surface area (Å²) in [6.45, 7) is 9.21. The summed E-state index contributed by atoms with van der Waals surface area (Å²) < 4.78 is 13.3. The summed E-state index contributed by atoms with van der Waals surface area (Å²) in [5.74, 6) is 1.48. The van der Waals surface area contributed by atoms with Gasteiger partial charge in [0.25, 0.3) is 0 Å². The fourth-order valence-electron chi connectivity index (χ4n) is 2.96. The summed E-state index contributed by atoms with van der Waals surface area (Å²) in [4.78, 5) is 4.82. The van der Waals surface area contributed by atoms with Crippen molar-refractivity contribution in [3.8, 4) is 11.6 Å². The second-order valence-electron chi connectivity index (χ2n) is 6.36. The van der Waals surface area contributed by atoms with Crippen molar-refractivity contribution in [3.05, 3.63) is 52.7 Å². The Balaban J connectivity index is 1.99. The smallest absolute Gasteiger partial charge is 0.233 e. The van der Waals surface area contributed by atoms with Gasteiger partial charge in [-0.05, 0) is 56.5 Å². The highest BCUT2D eigenvalue weighted by Gasteiger charge is 2.11. The minimum Gasteiger partial charge on any atom is -0.490 e. The van der Waals surface area contributed by atoms with Crippen molar-refractivity contribution in [1.82, 2.24) is 9.78 Å². The molecule has 146 valence electrons. The summed E-state index contributed by atoms with van der Waals surface area (Å²) in [5, 5.41) is 8.32. The number of aromatic nitrogens is 2. The van der Waals surface area contributed by atoms with E-state index in [1.54, 1.807) is 4.68 Å². The highest BCUT2D eigenvalue weighted by atomic mass is 16.6. The number of ether oxygens (including phenoxy) is 2. The third-order valence-electron chi connectivity index (χ3n) is 4.31. The molecule has 0 bridgehead atoms. The number of hydrogen-bond donors (Lipinski definition) is 0. The van der Waals surface area contributed by atoms with Crippen molar-refractivity contribution >= 4 is 5.71 Å². The van der Waals surface area contributed by atoms with Crippen molar-refractivity contribution in [2.45, 2.75) is 34.1 Å². The highest BCUT2D eigenvalue weighted by molar-refractivity contribution is 5.97. The van der Waals surface area contributed by atoms with Crippen LogP contribution in [0.2, 0.25) is 0 Å². The van der Waals surface area contributed by atoms with Gasteiger partial charge in [0.15, 0.2) is 0 Å². The molecule has 0 radical (unpaired) electrons. The standard InChI is InChI=1S/C21H29N3O3/c1-7-8-10-26-18-12-15(2)19(16(3)13-18)9-11-27-21-14-20(24(5)22-21)17(4)23-25-6/h7-8,12-14H,9-11H2,1-6H3/b8-7+,23-17+. The first-order valence-electron chi connectivity index (χ1n) is 9.05. The maximum absolute atomic E-state index is 5.85. The van der Waals surface area contributed by atoms with Gasteiger partial charge in [0.05, 0.1) is 12.3 Å². The van der Waals surface area contributed by atoms with E-state index in [4.69, 9.17) is 14.3 Å². The van der Waals surface area contributed by atoms with Crippen LogP contribution in [-0.4, -0.2) is 35.8 Å². The molecule has 0 unspecified atom stereocenters. The number of hydrogen-bond acceptors (Lipinski definition) is 5. The van der Waals surface area contributed by atoms with Crippen molar-refractivity contribution in [2.75, 3.05) is 20.3 Å². The minimum absolute atomic E-state index is 0.553. The van der Waals surface area contributed by atoms with Crippen LogP contribution in [0, 0.1) is 13.8 Å². The zero-order chi connectivity index (χ0) is 19.8. The maximum atomic E-state index is 5.85. The fraction of sp³-hybridized carbons (Fsp3) is 0.429. The molecule has 2 aromatic rings. The van der Waals surface area contributed by atoms with Crippen LogP contribution in [-0.2, 0) is 18.3 Å². The van der Waals surface area contributed by atoms with E-state index in [1.165, 1.54) is 23.8 Å². The van der Waals surface area contributed by atoms with Gasteiger partial charge < -0.3 is 14.3 Å². The first-order valence-corrected chi connectivity index (χ1v) is 9.05. The van der Waals surface area contributed by atoms with Crippen molar-refractivity contribution in [2.24, 2.45) is 12.2 Å². The Kier molecular flexibility index (Phi) is 7.46. The molecule has 0 amide bonds. The third-order valence-corrected chi connectivity index (χ3v) is 4.31. The molecule has 0 saturated carbocycles. The van der Waals surface area contributed by atoms with E-state index in [1.807, 2.05) is 39.1 Å². The monoisotopic (exact) mass is 371 g/mol. The number of aryl methyl sites for hydroxylation is 3. The lowest BCUT2D eigenvalue weighted by molar-refractivity contribution is 0.213. The van der Waals surface area contributed by atoms with E-state index in [0.717, 1.165) is 23.6 Å². The molecule has 1 aromatic carbocycles. The van der Waals surface area contributed by atoms with Crippen LogP contribution in [0.3, 0.4) is 0 Å². The van der Waals surface area contributed by atoms with Gasteiger partial charge in [-0.3, -0.25) is 4.68 Å². The molecule has 2 rings (SSSR count). The van der Waals surface area contributed by atoms with Crippen LogP contribution >= 0.6 is 0 Å². The fourth-order valence-corrected chi connectivity index (χ4v) is 2.96. The van der Waals surface area contributed by atoms with Crippen LogP contribution in [0.15, 0.2) is 35.5 Å². The largest absolute Gasteiger partial charge is 0.490 e. The molecule has 0 saturated heterocycles. The third kappa shape index (κ3) is 5.61. The van der Waals surface area contributed by atoms with Crippen molar-refractivity contribution < 1.29 is 14.3 Å². The van der Waals surface area contributed by atoms with Crippen LogP contribution in [0.1, 0.15) is 36.2 Å². The maximum Gasteiger partial charge on any atom is 0.233 e. The molecule has 0 N–H and O–H groups in total. The SMILES string of the molecule is C/C=C/COc1cc(C)c(CCOc2cc(/C(C)=N/OC)n(C)n2)c(C)c1. The molecular weight excluding hydrogens is 342 g/mol. The Morgan fingerprint density at radius 1 is 1.19 bits per heavy atom. The molecule has 1 aromatic heterocycles. The van der Waals surface area contributed by atoms with Crippen LogP contribution < -0.4 is 9.47 Å². The predicted octanol–water partition coefficient (Wildman–Crippen LogP) is 3.98. The van der Waals surface area contributed by atoms with Crippen molar-refractivity contribution in [1.29, 1.82) is 0 Å². The molecule has 0 aliphatic heterocycles. The molecule has 0 aliphatic rings. The zero-order valence-corrected chi connectivity index (χ0v) is 17.1. The van der Waals surface area contributed by atoms with Gasteiger partial charge in [-0.1, -0.05) is 17.3 Å². The van der Waals surface area contributed by atoms with Gasteiger partial charge >= 0.3 is 0 Å². The summed E-state index contributed by atoms with van der Waals surface area (Å²) in [6.07, 6.45) is 4.79. The Morgan fingerprint density at radius 2 is 1.89 bits per heavy atom. The summed E-state index contributed by atoms with van der Waals surface area (Å²) in [7, 11) is 3.39. The Morgan fingerprint density at radius 3 is 2.52 bits per heavy atom. The second-order valence-corrected chi connectivity index (χ2v) is 6.36. The van der Waals surface area contributed by atoms with E-state index in [9.17, 15) is 0 Å². The zero-order valence-electron chi connectivity index (χ0n) is 17.1. The van der Waals surface area contributed by atoms with Gasteiger partial charge in [0.2, 0.25) is 5.88 Å². The normalized spacial score (nSPS) is 11.9. The van der Waals surface area contributed by atoms with Crippen LogP contribution in [0.4, 0.5) is 0 Å². The van der Waals surface area contributed by atoms with E-state index in [2.05, 4.69) is 36.2 Å². The van der Waals surface area contributed by atoms with E-state index >= 15 is 0 Å². The second kappa shape index (κ2) is 9.80. The Hall–Kier alpha value is -2.76. The number of nitrogens with zero attached hydrogens (tertiary/aromatic N) is 3. The first kappa shape index (κ1) is 20.6. The molecule has 6 nitrogen and oxygen atoms in total. The molecule has 0 fully saturated rings. The number of benzene rings is 1. The average Bonchev–Trinajstić information content (AvgIpc) is 2.98. The number of rotatable bonds is 9. The quantitative estimate of drug-likeness (QED) is 0.380. The lowest BCUT2D eigenvalue weighted by Crippen LogP contribution is -2.06. The Bertz CT molecular complexity index is 799. The van der Waals surface area contributed by atoms with E-state index in [-0.39, 0.29) is 0 Å². The van der Waals surface area contributed by atoms with Crippen LogP contribution in [0.5, 0.6) is 11.6 Å². The Labute approximate surface area is 161 Å². The summed E-state index contributed by atoms with van der Waals surface area (Å²) >= 11 is 0. The van der Waals surface area contributed by atoms with Gasteiger partial charge in [-0.2, -0.15) is 0 Å².